The highest BCUT2D eigenvalue weighted by molar-refractivity contribution is 7.10. The number of hydrogen-bond donors (Lipinski definition) is 1. The fraction of sp³-hybridized carbons (Fsp3) is 0.643. The van der Waals surface area contributed by atoms with Crippen molar-refractivity contribution in [3.05, 3.63) is 16.1 Å². The first-order valence-corrected chi connectivity index (χ1v) is 7.56. The summed E-state index contributed by atoms with van der Waals surface area (Å²) >= 11 is 1.23. The third kappa shape index (κ3) is 4.42. The summed E-state index contributed by atoms with van der Waals surface area (Å²) in [5.41, 5.74) is 1.51. The molecule has 0 bridgehead atoms. The molecule has 1 atom stereocenters. The minimum atomic E-state index is -1.10. The Hall–Kier alpha value is -1.63. The number of carboxylic acid groups (broad SMARTS) is 1. The fourth-order valence-electron chi connectivity index (χ4n) is 1.86. The van der Waals surface area contributed by atoms with Gasteiger partial charge in [0.25, 0.3) is 0 Å². The highest BCUT2D eigenvalue weighted by Gasteiger charge is 2.37. The van der Waals surface area contributed by atoms with Gasteiger partial charge in [-0.3, -0.25) is 4.90 Å². The van der Waals surface area contributed by atoms with Gasteiger partial charge in [0.05, 0.1) is 16.1 Å². The van der Waals surface area contributed by atoms with Crippen LogP contribution in [0.1, 0.15) is 51.2 Å². The number of carbonyl (C=O) groups is 2. The van der Waals surface area contributed by atoms with Crippen LogP contribution < -0.4 is 0 Å². The summed E-state index contributed by atoms with van der Waals surface area (Å²) in [7, 11) is 0. The zero-order chi connectivity index (χ0) is 16.4. The van der Waals surface area contributed by atoms with Crippen LogP contribution in [-0.4, -0.2) is 38.7 Å². The third-order valence-electron chi connectivity index (χ3n) is 2.70. The summed E-state index contributed by atoms with van der Waals surface area (Å²) in [6.45, 7) is 10.5. The Balaban J connectivity index is 3.20. The number of aromatic nitrogens is 1. The molecule has 0 aromatic carbocycles. The quantitative estimate of drug-likeness (QED) is 0.923. The normalized spacial score (nSPS) is 13.1. The Morgan fingerprint density at radius 1 is 1.38 bits per heavy atom. The molecular weight excluding hydrogens is 292 g/mol. The van der Waals surface area contributed by atoms with Crippen LogP contribution in [0.5, 0.6) is 0 Å². The molecule has 0 aliphatic heterocycles. The maximum atomic E-state index is 12.4. The minimum Gasteiger partial charge on any atom is -0.479 e. The van der Waals surface area contributed by atoms with Crippen LogP contribution in [0.25, 0.3) is 0 Å². The molecular formula is C14H22N2O4S. The number of hydrogen-bond acceptors (Lipinski definition) is 5. The minimum absolute atomic E-state index is 0.317. The van der Waals surface area contributed by atoms with Gasteiger partial charge in [0.1, 0.15) is 5.60 Å². The molecule has 1 aromatic heterocycles. The highest BCUT2D eigenvalue weighted by Crippen LogP contribution is 2.30. The summed E-state index contributed by atoms with van der Waals surface area (Å²) in [4.78, 5) is 29.9. The molecule has 1 N–H and O–H groups in total. The molecule has 0 saturated heterocycles. The van der Waals surface area contributed by atoms with Crippen LogP contribution in [-0.2, 0) is 9.53 Å². The Morgan fingerprint density at radius 2 is 1.95 bits per heavy atom. The lowest BCUT2D eigenvalue weighted by atomic mass is 10.1. The SMILES string of the molecule is Cc1ncsc1C(C(=O)O)N(C(=O)OC(C)(C)C)C(C)C. The zero-order valence-corrected chi connectivity index (χ0v) is 14.0. The van der Waals surface area contributed by atoms with E-state index in [1.54, 1.807) is 47.1 Å². The van der Waals surface area contributed by atoms with Gasteiger partial charge in [-0.25, -0.2) is 14.6 Å². The maximum absolute atomic E-state index is 12.4. The molecule has 1 unspecified atom stereocenters. The van der Waals surface area contributed by atoms with Gasteiger partial charge in [0.15, 0.2) is 6.04 Å². The van der Waals surface area contributed by atoms with Crippen LogP contribution in [0.4, 0.5) is 4.79 Å². The molecule has 1 heterocycles. The first kappa shape index (κ1) is 17.4. The van der Waals surface area contributed by atoms with Crippen molar-refractivity contribution in [3.8, 4) is 0 Å². The zero-order valence-electron chi connectivity index (χ0n) is 13.2. The number of nitrogens with zero attached hydrogens (tertiary/aromatic N) is 2. The van der Waals surface area contributed by atoms with E-state index in [1.165, 1.54) is 16.2 Å². The van der Waals surface area contributed by atoms with E-state index >= 15 is 0 Å². The topological polar surface area (TPSA) is 79.7 Å². The first-order valence-electron chi connectivity index (χ1n) is 6.68. The average Bonchev–Trinajstić information content (AvgIpc) is 2.68. The van der Waals surface area contributed by atoms with Gasteiger partial charge in [0, 0.05) is 6.04 Å². The monoisotopic (exact) mass is 314 g/mol. The Labute approximate surface area is 128 Å². The summed E-state index contributed by atoms with van der Waals surface area (Å²) in [6, 6.07) is -1.41. The molecule has 0 spiro atoms. The molecule has 6 nitrogen and oxygen atoms in total. The van der Waals surface area contributed by atoms with Crippen LogP contribution in [0, 0.1) is 6.92 Å². The second-order valence-corrected chi connectivity index (χ2v) is 6.91. The average molecular weight is 314 g/mol. The molecule has 118 valence electrons. The summed E-state index contributed by atoms with van der Waals surface area (Å²) in [5.74, 6) is -1.10. The van der Waals surface area contributed by atoms with E-state index in [4.69, 9.17) is 4.74 Å². The van der Waals surface area contributed by atoms with E-state index in [0.717, 1.165) is 0 Å². The molecule has 0 fully saturated rings. The van der Waals surface area contributed by atoms with Crippen molar-refractivity contribution in [1.82, 2.24) is 9.88 Å². The van der Waals surface area contributed by atoms with E-state index in [2.05, 4.69) is 4.98 Å². The molecule has 0 radical (unpaired) electrons. The lowest BCUT2D eigenvalue weighted by Crippen LogP contribution is -2.45. The molecule has 0 saturated carbocycles. The number of ether oxygens (including phenoxy) is 1. The third-order valence-corrected chi connectivity index (χ3v) is 3.69. The van der Waals surface area contributed by atoms with Crippen molar-refractivity contribution in [2.75, 3.05) is 0 Å². The largest absolute Gasteiger partial charge is 0.479 e. The van der Waals surface area contributed by atoms with Crippen molar-refractivity contribution in [2.24, 2.45) is 0 Å². The standard InChI is InChI=1S/C14H22N2O4S/c1-8(2)16(13(19)20-14(4,5)6)10(12(17)18)11-9(3)15-7-21-11/h7-8,10H,1-6H3,(H,17,18). The number of aryl methyl sites for hydroxylation is 1. The molecule has 1 amide bonds. The van der Waals surface area contributed by atoms with Gasteiger partial charge < -0.3 is 9.84 Å². The van der Waals surface area contributed by atoms with E-state index in [9.17, 15) is 14.7 Å². The number of carboxylic acids is 1. The molecule has 0 aliphatic carbocycles. The molecule has 0 aliphatic rings. The van der Waals surface area contributed by atoms with E-state index in [-0.39, 0.29) is 6.04 Å². The van der Waals surface area contributed by atoms with Gasteiger partial charge in [0.2, 0.25) is 0 Å². The lowest BCUT2D eigenvalue weighted by molar-refractivity contribution is -0.144. The molecule has 1 aromatic rings. The number of rotatable bonds is 4. The molecule has 7 heteroatoms. The fourth-order valence-corrected chi connectivity index (χ4v) is 2.75. The first-order chi connectivity index (χ1) is 9.54. The highest BCUT2D eigenvalue weighted by atomic mass is 32.1. The number of thiazole rings is 1. The number of carbonyl (C=O) groups excluding carboxylic acids is 1. The molecule has 21 heavy (non-hydrogen) atoms. The van der Waals surface area contributed by atoms with E-state index in [1.807, 2.05) is 0 Å². The van der Waals surface area contributed by atoms with Gasteiger partial charge in [-0.1, -0.05) is 0 Å². The van der Waals surface area contributed by atoms with Gasteiger partial charge >= 0.3 is 12.1 Å². The summed E-state index contributed by atoms with van der Waals surface area (Å²) in [5, 5.41) is 9.57. The van der Waals surface area contributed by atoms with Gasteiger partial charge in [-0.15, -0.1) is 11.3 Å². The van der Waals surface area contributed by atoms with Gasteiger partial charge in [-0.2, -0.15) is 0 Å². The van der Waals surface area contributed by atoms with Gasteiger partial charge in [-0.05, 0) is 41.5 Å². The maximum Gasteiger partial charge on any atom is 0.411 e. The summed E-state index contributed by atoms with van der Waals surface area (Å²) < 4.78 is 5.34. The second-order valence-electron chi connectivity index (χ2n) is 6.02. The van der Waals surface area contributed by atoms with Crippen LogP contribution in [0.2, 0.25) is 0 Å². The predicted molar refractivity (Wildman–Crippen MR) is 80.4 cm³/mol. The Morgan fingerprint density at radius 3 is 2.29 bits per heavy atom. The second kappa shape index (κ2) is 6.43. The van der Waals surface area contributed by atoms with Crippen molar-refractivity contribution in [3.63, 3.8) is 0 Å². The van der Waals surface area contributed by atoms with E-state index in [0.29, 0.717) is 10.6 Å². The van der Waals surface area contributed by atoms with Crippen molar-refractivity contribution < 1.29 is 19.4 Å². The summed E-state index contributed by atoms with van der Waals surface area (Å²) in [6.07, 6.45) is -0.641. The van der Waals surface area contributed by atoms with E-state index < -0.39 is 23.7 Å². The van der Waals surface area contributed by atoms with Crippen molar-refractivity contribution in [1.29, 1.82) is 0 Å². The van der Waals surface area contributed by atoms with Crippen LogP contribution in [0.3, 0.4) is 0 Å². The van der Waals surface area contributed by atoms with Crippen LogP contribution >= 0.6 is 11.3 Å². The number of aliphatic carboxylic acids is 1. The number of amides is 1. The Bertz CT molecular complexity index is 519. The Kier molecular flexibility index (Phi) is 5.33. The smallest absolute Gasteiger partial charge is 0.411 e. The molecule has 1 rings (SSSR count). The van der Waals surface area contributed by atoms with Crippen LogP contribution in [0.15, 0.2) is 5.51 Å². The predicted octanol–water partition coefficient (Wildman–Crippen LogP) is 3.22. The van der Waals surface area contributed by atoms with Crippen molar-refractivity contribution >= 4 is 23.4 Å². The van der Waals surface area contributed by atoms with Crippen molar-refractivity contribution in [2.45, 2.75) is 59.2 Å². The lowest BCUT2D eigenvalue weighted by Gasteiger charge is -2.33.